The molecule has 0 aliphatic rings. The van der Waals surface area contributed by atoms with Gasteiger partial charge in [-0.1, -0.05) is 109 Å². The molecule has 4 nitrogen and oxygen atoms in total. The molecule has 10 rings (SSSR count). The van der Waals surface area contributed by atoms with Crippen LogP contribution in [-0.4, -0.2) is 18.8 Å². The Bertz CT molecular complexity index is 3060. The number of benzene rings is 9. The fourth-order valence-corrected chi connectivity index (χ4v) is 8.46. The maximum atomic E-state index is 5.77. The Labute approximate surface area is 326 Å². The maximum Gasteiger partial charge on any atom is 0.119 e. The Morgan fingerprint density at radius 1 is 0.357 bits per heavy atom. The zero-order valence-corrected chi connectivity index (χ0v) is 31.2. The average molecular weight is 723 g/mol. The average Bonchev–Trinajstić information content (AvgIpc) is 3.60. The second-order valence-corrected chi connectivity index (χ2v) is 14.0. The molecule has 0 saturated heterocycles. The monoisotopic (exact) mass is 722 g/mol. The number of hydrogen-bond acceptors (Lipinski definition) is 3. The Kier molecular flexibility index (Phi) is 8.23. The molecule has 1 heterocycles. The Morgan fingerprint density at radius 2 is 0.857 bits per heavy atom. The highest BCUT2D eigenvalue weighted by molar-refractivity contribution is 6.22. The molecule has 0 fully saturated rings. The van der Waals surface area contributed by atoms with Gasteiger partial charge in [0.1, 0.15) is 11.5 Å². The van der Waals surface area contributed by atoms with E-state index in [1.54, 1.807) is 14.2 Å². The minimum atomic E-state index is 0.821. The molecule has 0 bridgehead atoms. The second-order valence-electron chi connectivity index (χ2n) is 14.0. The number of nitrogens with zero attached hydrogens (tertiary/aromatic N) is 2. The first-order valence-electron chi connectivity index (χ1n) is 18.9. The molecule has 268 valence electrons. The van der Waals surface area contributed by atoms with Crippen molar-refractivity contribution >= 4 is 60.4 Å². The van der Waals surface area contributed by atoms with Crippen molar-refractivity contribution in [2.45, 2.75) is 0 Å². The van der Waals surface area contributed by atoms with Crippen LogP contribution in [0.2, 0.25) is 0 Å². The molecule has 56 heavy (non-hydrogen) atoms. The molecule has 0 aliphatic heterocycles. The van der Waals surface area contributed by atoms with E-state index in [1.165, 1.54) is 38.1 Å². The quantitative estimate of drug-likeness (QED) is 0.146. The van der Waals surface area contributed by atoms with Gasteiger partial charge in [0, 0.05) is 33.5 Å². The smallest absolute Gasteiger partial charge is 0.119 e. The van der Waals surface area contributed by atoms with Gasteiger partial charge in [-0.3, -0.25) is 0 Å². The van der Waals surface area contributed by atoms with Crippen LogP contribution in [0.4, 0.5) is 17.1 Å². The largest absolute Gasteiger partial charge is 0.497 e. The van der Waals surface area contributed by atoms with Crippen molar-refractivity contribution in [3.05, 3.63) is 194 Å². The van der Waals surface area contributed by atoms with E-state index in [1.807, 2.05) is 12.1 Å². The minimum absolute atomic E-state index is 0.821. The van der Waals surface area contributed by atoms with Crippen LogP contribution in [0.5, 0.6) is 11.5 Å². The normalized spacial score (nSPS) is 11.4. The van der Waals surface area contributed by atoms with Gasteiger partial charge in [-0.05, 0) is 129 Å². The van der Waals surface area contributed by atoms with Crippen LogP contribution >= 0.6 is 0 Å². The maximum absolute atomic E-state index is 5.77. The first kappa shape index (κ1) is 33.3. The van der Waals surface area contributed by atoms with E-state index in [2.05, 4.69) is 191 Å². The van der Waals surface area contributed by atoms with Crippen LogP contribution in [0, 0.1) is 0 Å². The van der Waals surface area contributed by atoms with Crippen molar-refractivity contribution in [3.63, 3.8) is 0 Å². The Hall–Kier alpha value is -7.30. The molecule has 0 radical (unpaired) electrons. The van der Waals surface area contributed by atoms with Crippen LogP contribution in [0.25, 0.3) is 71.3 Å². The van der Waals surface area contributed by atoms with Crippen molar-refractivity contribution < 1.29 is 9.47 Å². The number of fused-ring (bicyclic) bond motifs is 5. The summed E-state index contributed by atoms with van der Waals surface area (Å²) in [6, 6.07) is 69.3. The van der Waals surface area contributed by atoms with Gasteiger partial charge < -0.3 is 18.9 Å². The first-order valence-corrected chi connectivity index (χ1v) is 18.9. The lowest BCUT2D eigenvalue weighted by atomic mass is 9.85. The number of ether oxygens (including phenoxy) is 2. The van der Waals surface area contributed by atoms with Gasteiger partial charge in [-0.15, -0.1) is 0 Å². The van der Waals surface area contributed by atoms with E-state index in [4.69, 9.17) is 9.47 Å². The third kappa shape index (κ3) is 5.54. The SMILES string of the molecule is COc1cccc(-c2c3ccccc3c(-c3cccc(OC)c3)c3cc(N(c4ccccc4)c4ccc5c(c4)c4ccccc4n5-c4ccccc4)ccc23)c1. The molecule has 4 heteroatoms. The minimum Gasteiger partial charge on any atom is -0.497 e. The van der Waals surface area contributed by atoms with Crippen LogP contribution in [0.3, 0.4) is 0 Å². The highest BCUT2D eigenvalue weighted by atomic mass is 16.5. The summed E-state index contributed by atoms with van der Waals surface area (Å²) in [5.74, 6) is 1.65. The van der Waals surface area contributed by atoms with E-state index in [0.29, 0.717) is 0 Å². The fraction of sp³-hybridized carbons (Fsp3) is 0.0385. The van der Waals surface area contributed by atoms with E-state index in [0.717, 1.165) is 61.7 Å². The molecule has 0 atom stereocenters. The van der Waals surface area contributed by atoms with Gasteiger partial charge in [0.05, 0.1) is 25.3 Å². The number of methoxy groups -OCH3 is 2. The molecule has 0 amide bonds. The number of rotatable bonds is 8. The molecule has 0 aliphatic carbocycles. The van der Waals surface area contributed by atoms with Gasteiger partial charge in [0.2, 0.25) is 0 Å². The number of aromatic nitrogens is 1. The lowest BCUT2D eigenvalue weighted by Crippen LogP contribution is -2.10. The number of anilines is 3. The standard InChI is InChI=1S/C52H38N2O2/c1-55-41-21-13-15-35(31-41)51-44-24-9-10-25-45(44)52(36-16-14-22-42(32-36)56-2)48-34-39(27-29-46(48)51)53(37-17-5-3-6-18-37)40-28-30-50-47(33-40)43-23-11-12-26-49(43)54(50)38-19-7-4-8-20-38/h3-34H,1-2H3. The summed E-state index contributed by atoms with van der Waals surface area (Å²) in [5.41, 5.74) is 11.3. The van der Waals surface area contributed by atoms with Crippen molar-refractivity contribution in [1.82, 2.24) is 4.57 Å². The predicted octanol–water partition coefficient (Wildman–Crippen LogP) is 13.9. The van der Waals surface area contributed by atoms with Gasteiger partial charge in [0.15, 0.2) is 0 Å². The summed E-state index contributed by atoms with van der Waals surface area (Å²) in [6.07, 6.45) is 0. The zero-order chi connectivity index (χ0) is 37.6. The third-order valence-corrected chi connectivity index (χ3v) is 10.9. The van der Waals surface area contributed by atoms with Crippen LogP contribution in [-0.2, 0) is 0 Å². The van der Waals surface area contributed by atoms with E-state index >= 15 is 0 Å². The van der Waals surface area contributed by atoms with E-state index in [9.17, 15) is 0 Å². The molecular formula is C52H38N2O2. The lowest BCUT2D eigenvalue weighted by Gasteiger charge is -2.27. The summed E-state index contributed by atoms with van der Waals surface area (Å²) < 4.78 is 13.9. The molecule has 0 spiro atoms. The molecule has 0 N–H and O–H groups in total. The van der Waals surface area contributed by atoms with E-state index in [-0.39, 0.29) is 0 Å². The third-order valence-electron chi connectivity index (χ3n) is 10.9. The van der Waals surface area contributed by atoms with Gasteiger partial charge in [0.25, 0.3) is 0 Å². The second kappa shape index (κ2) is 13.8. The molecule has 0 unspecified atom stereocenters. The molecule has 9 aromatic carbocycles. The molecular weight excluding hydrogens is 685 g/mol. The summed E-state index contributed by atoms with van der Waals surface area (Å²) in [7, 11) is 3.45. The highest BCUT2D eigenvalue weighted by Gasteiger charge is 2.21. The van der Waals surface area contributed by atoms with Gasteiger partial charge in [-0.25, -0.2) is 0 Å². The summed E-state index contributed by atoms with van der Waals surface area (Å²) >= 11 is 0. The topological polar surface area (TPSA) is 26.6 Å². The van der Waals surface area contributed by atoms with Crippen LogP contribution in [0.1, 0.15) is 0 Å². The summed E-state index contributed by atoms with van der Waals surface area (Å²) in [4.78, 5) is 2.38. The number of para-hydroxylation sites is 3. The van der Waals surface area contributed by atoms with Crippen molar-refractivity contribution in [2.75, 3.05) is 19.1 Å². The summed E-state index contributed by atoms with van der Waals surface area (Å²) in [5, 5.41) is 7.08. The molecule has 0 saturated carbocycles. The number of hydrogen-bond donors (Lipinski definition) is 0. The van der Waals surface area contributed by atoms with Gasteiger partial charge in [-0.2, -0.15) is 0 Å². The predicted molar refractivity (Wildman–Crippen MR) is 234 cm³/mol. The van der Waals surface area contributed by atoms with Gasteiger partial charge >= 0.3 is 0 Å². The molecule has 1 aromatic heterocycles. The Morgan fingerprint density at radius 3 is 1.50 bits per heavy atom. The first-order chi connectivity index (χ1) is 27.7. The van der Waals surface area contributed by atoms with Crippen molar-refractivity contribution in [2.24, 2.45) is 0 Å². The highest BCUT2D eigenvalue weighted by Crippen LogP contribution is 2.47. The van der Waals surface area contributed by atoms with E-state index < -0.39 is 0 Å². The lowest BCUT2D eigenvalue weighted by molar-refractivity contribution is 0.415. The fourth-order valence-electron chi connectivity index (χ4n) is 8.46. The van der Waals surface area contributed by atoms with Crippen LogP contribution < -0.4 is 14.4 Å². The summed E-state index contributed by atoms with van der Waals surface area (Å²) in [6.45, 7) is 0. The zero-order valence-electron chi connectivity index (χ0n) is 31.2. The van der Waals surface area contributed by atoms with Crippen LogP contribution in [0.15, 0.2) is 194 Å². The molecule has 10 aromatic rings. The Balaban J connectivity index is 1.27. The van der Waals surface area contributed by atoms with Crippen molar-refractivity contribution in [1.29, 1.82) is 0 Å². The van der Waals surface area contributed by atoms with Crippen molar-refractivity contribution in [3.8, 4) is 39.4 Å².